The standard InChI is InChI=1S/C22H30N2O4S/c25-22(18-29(26)17-21-9-5-13-28-21)23-10-6-14-27-20-8-4-7-19(15-20)16-24-11-2-1-3-12-24/h4-5,7-9,13,15H,1-3,6,10-12,14,16-18H2,(H,23,25). The van der Waals surface area contributed by atoms with Gasteiger partial charge in [0, 0.05) is 13.1 Å². The van der Waals surface area contributed by atoms with Gasteiger partial charge in [-0.1, -0.05) is 18.6 Å². The SMILES string of the molecule is O=C(C[S+]([O-])Cc1ccco1)NCCCOc1cccc(CN2CCCCC2)c1. The molecule has 0 aliphatic carbocycles. The number of hydrogen-bond acceptors (Lipinski definition) is 5. The lowest BCUT2D eigenvalue weighted by Gasteiger charge is -2.26. The van der Waals surface area contributed by atoms with E-state index in [1.165, 1.54) is 44.2 Å². The fourth-order valence-electron chi connectivity index (χ4n) is 3.40. The first-order valence-electron chi connectivity index (χ1n) is 10.3. The smallest absolute Gasteiger partial charge is 0.269 e. The first-order chi connectivity index (χ1) is 14.2. The quantitative estimate of drug-likeness (QED) is 0.448. The summed E-state index contributed by atoms with van der Waals surface area (Å²) in [4.78, 5) is 14.4. The van der Waals surface area contributed by atoms with Gasteiger partial charge in [-0.15, -0.1) is 0 Å². The lowest BCUT2D eigenvalue weighted by atomic mass is 10.1. The second-order valence-electron chi connectivity index (χ2n) is 7.34. The number of benzene rings is 1. The van der Waals surface area contributed by atoms with Gasteiger partial charge < -0.3 is 19.0 Å². The molecule has 7 heteroatoms. The average molecular weight is 419 g/mol. The molecule has 6 nitrogen and oxygen atoms in total. The zero-order chi connectivity index (χ0) is 20.3. The van der Waals surface area contributed by atoms with E-state index in [0.717, 1.165) is 12.3 Å². The van der Waals surface area contributed by atoms with Crippen LogP contribution in [0, 0.1) is 0 Å². The van der Waals surface area contributed by atoms with Crippen molar-refractivity contribution in [3.05, 3.63) is 54.0 Å². The molecule has 1 fully saturated rings. The maximum atomic E-state index is 11.9. The minimum Gasteiger partial charge on any atom is -0.616 e. The van der Waals surface area contributed by atoms with Gasteiger partial charge in [0.15, 0.2) is 17.3 Å². The van der Waals surface area contributed by atoms with E-state index in [2.05, 4.69) is 22.3 Å². The van der Waals surface area contributed by atoms with Gasteiger partial charge in [-0.3, -0.25) is 9.69 Å². The highest BCUT2D eigenvalue weighted by atomic mass is 32.2. The predicted octanol–water partition coefficient (Wildman–Crippen LogP) is 3.10. The Hall–Kier alpha value is -1.96. The van der Waals surface area contributed by atoms with Crippen molar-refractivity contribution in [1.29, 1.82) is 0 Å². The number of nitrogens with one attached hydrogen (secondary N) is 1. The number of nitrogens with zero attached hydrogens (tertiary/aromatic N) is 1. The molecule has 0 saturated carbocycles. The molecular weight excluding hydrogens is 388 g/mol. The van der Waals surface area contributed by atoms with Gasteiger partial charge in [-0.05, 0) is 73.4 Å². The molecule has 1 atom stereocenters. The maximum absolute atomic E-state index is 11.9. The van der Waals surface area contributed by atoms with Crippen molar-refractivity contribution < 1.29 is 18.5 Å². The number of ether oxygens (including phenoxy) is 1. The molecule has 0 bridgehead atoms. The molecule has 158 valence electrons. The second-order valence-corrected chi connectivity index (χ2v) is 8.80. The van der Waals surface area contributed by atoms with E-state index in [1.54, 1.807) is 12.1 Å². The van der Waals surface area contributed by atoms with Crippen molar-refractivity contribution in [1.82, 2.24) is 10.2 Å². The average Bonchev–Trinajstić information content (AvgIpc) is 3.21. The first kappa shape index (κ1) is 21.7. The maximum Gasteiger partial charge on any atom is 0.269 e. The van der Waals surface area contributed by atoms with E-state index < -0.39 is 11.2 Å². The predicted molar refractivity (Wildman–Crippen MR) is 114 cm³/mol. The zero-order valence-electron chi connectivity index (χ0n) is 16.8. The van der Waals surface area contributed by atoms with Crippen molar-refractivity contribution in [3.8, 4) is 5.75 Å². The Labute approximate surface area is 175 Å². The number of furan rings is 1. The van der Waals surface area contributed by atoms with Gasteiger partial charge in [0.2, 0.25) is 0 Å². The Kier molecular flexibility index (Phi) is 8.92. The fourth-order valence-corrected chi connectivity index (χ4v) is 4.38. The highest BCUT2D eigenvalue weighted by molar-refractivity contribution is 7.91. The molecule has 1 aromatic carbocycles. The summed E-state index contributed by atoms with van der Waals surface area (Å²) in [5.74, 6) is 1.54. The van der Waals surface area contributed by atoms with Crippen molar-refractivity contribution in [2.45, 2.75) is 38.0 Å². The second kappa shape index (κ2) is 11.9. The number of piperidine rings is 1. The molecule has 2 aromatic rings. The van der Waals surface area contributed by atoms with Crippen LogP contribution in [-0.2, 0) is 28.3 Å². The Morgan fingerprint density at radius 3 is 2.86 bits per heavy atom. The van der Waals surface area contributed by atoms with Crippen LogP contribution < -0.4 is 10.1 Å². The third kappa shape index (κ3) is 8.12. The Bertz CT molecular complexity index is 732. The number of likely N-dealkylation sites (tertiary alicyclic amines) is 1. The third-order valence-corrected chi connectivity index (χ3v) is 6.03. The van der Waals surface area contributed by atoms with Crippen LogP contribution in [0.5, 0.6) is 5.75 Å². The normalized spacial score (nSPS) is 15.8. The zero-order valence-corrected chi connectivity index (χ0v) is 17.6. The lowest BCUT2D eigenvalue weighted by molar-refractivity contribution is -0.118. The van der Waals surface area contributed by atoms with E-state index in [1.807, 2.05) is 12.1 Å². The monoisotopic (exact) mass is 418 g/mol. The van der Waals surface area contributed by atoms with Crippen molar-refractivity contribution in [2.75, 3.05) is 32.0 Å². The van der Waals surface area contributed by atoms with E-state index in [0.29, 0.717) is 25.3 Å². The Morgan fingerprint density at radius 2 is 2.07 bits per heavy atom. The summed E-state index contributed by atoms with van der Waals surface area (Å²) in [7, 11) is 0. The molecule has 1 unspecified atom stereocenters. The van der Waals surface area contributed by atoms with Crippen LogP contribution in [0.1, 0.15) is 37.0 Å². The van der Waals surface area contributed by atoms with Gasteiger partial charge in [-0.2, -0.15) is 0 Å². The molecule has 1 N–H and O–H groups in total. The highest BCUT2D eigenvalue weighted by Gasteiger charge is 2.15. The van der Waals surface area contributed by atoms with Gasteiger partial charge in [-0.25, -0.2) is 0 Å². The molecule has 29 heavy (non-hydrogen) atoms. The van der Waals surface area contributed by atoms with Gasteiger partial charge >= 0.3 is 0 Å². The van der Waals surface area contributed by atoms with E-state index >= 15 is 0 Å². The van der Waals surface area contributed by atoms with Crippen molar-refractivity contribution >= 4 is 17.1 Å². The molecule has 1 aromatic heterocycles. The summed E-state index contributed by atoms with van der Waals surface area (Å²) in [6.45, 7) is 4.36. The third-order valence-electron chi connectivity index (χ3n) is 4.84. The molecule has 0 radical (unpaired) electrons. The Balaban J connectivity index is 1.29. The number of hydrogen-bond donors (Lipinski definition) is 1. The van der Waals surface area contributed by atoms with Gasteiger partial charge in [0.05, 0.1) is 12.9 Å². The summed E-state index contributed by atoms with van der Waals surface area (Å²) < 4.78 is 22.9. The van der Waals surface area contributed by atoms with E-state index in [4.69, 9.17) is 9.15 Å². The van der Waals surface area contributed by atoms with Crippen LogP contribution >= 0.6 is 0 Å². The van der Waals surface area contributed by atoms with Crippen LogP contribution in [0.2, 0.25) is 0 Å². The molecule has 1 aliphatic heterocycles. The van der Waals surface area contributed by atoms with Gasteiger partial charge in [0.1, 0.15) is 5.75 Å². The first-order valence-corrected chi connectivity index (χ1v) is 11.8. The molecule has 2 heterocycles. The molecule has 1 amide bonds. The van der Waals surface area contributed by atoms with Crippen molar-refractivity contribution in [2.24, 2.45) is 0 Å². The summed E-state index contributed by atoms with van der Waals surface area (Å²) in [5.41, 5.74) is 1.27. The minimum absolute atomic E-state index is 0.0138. The van der Waals surface area contributed by atoms with E-state index in [-0.39, 0.29) is 17.4 Å². The van der Waals surface area contributed by atoms with Crippen LogP contribution in [0.4, 0.5) is 0 Å². The number of amides is 1. The highest BCUT2D eigenvalue weighted by Crippen LogP contribution is 2.17. The molecule has 1 saturated heterocycles. The summed E-state index contributed by atoms with van der Waals surface area (Å²) in [6.07, 6.45) is 6.16. The largest absolute Gasteiger partial charge is 0.616 e. The van der Waals surface area contributed by atoms with Crippen LogP contribution in [0.25, 0.3) is 0 Å². The molecule has 1 aliphatic rings. The van der Waals surface area contributed by atoms with Crippen LogP contribution in [-0.4, -0.2) is 47.4 Å². The van der Waals surface area contributed by atoms with Gasteiger partial charge in [0.25, 0.3) is 5.91 Å². The fraction of sp³-hybridized carbons (Fsp3) is 0.500. The molecule has 0 spiro atoms. The lowest BCUT2D eigenvalue weighted by Crippen LogP contribution is -2.32. The topological polar surface area (TPSA) is 77.8 Å². The number of carbonyl (C=O) groups is 1. The summed E-state index contributed by atoms with van der Waals surface area (Å²) >= 11 is -1.26. The minimum atomic E-state index is -1.26. The molecular formula is C22H30N2O4S. The Morgan fingerprint density at radius 1 is 1.21 bits per heavy atom. The van der Waals surface area contributed by atoms with E-state index in [9.17, 15) is 9.35 Å². The van der Waals surface area contributed by atoms with Crippen molar-refractivity contribution in [3.63, 3.8) is 0 Å². The summed E-state index contributed by atoms with van der Waals surface area (Å²) in [6, 6.07) is 11.8. The number of rotatable bonds is 11. The van der Waals surface area contributed by atoms with Crippen LogP contribution in [0.15, 0.2) is 47.1 Å². The summed E-state index contributed by atoms with van der Waals surface area (Å²) in [5, 5.41) is 2.80. The molecule has 3 rings (SSSR count). The van der Waals surface area contributed by atoms with Crippen LogP contribution in [0.3, 0.4) is 0 Å². The number of carbonyl (C=O) groups excluding carboxylic acids is 1.